The molecule has 2 aromatic rings. The van der Waals surface area contributed by atoms with Gasteiger partial charge in [-0.15, -0.1) is 0 Å². The number of nitrogens with zero attached hydrogens (tertiary/aromatic N) is 2. The summed E-state index contributed by atoms with van der Waals surface area (Å²) in [5.74, 6) is 0.868. The first-order valence-electron chi connectivity index (χ1n) is 5.77. The van der Waals surface area contributed by atoms with Crippen LogP contribution in [0, 0.1) is 0 Å². The van der Waals surface area contributed by atoms with Gasteiger partial charge in [0, 0.05) is 46.9 Å². The number of rotatable bonds is 4. The molecular formula is C13H13Br2N3O. The molecule has 0 aliphatic heterocycles. The first kappa shape index (κ1) is 14.3. The van der Waals surface area contributed by atoms with Gasteiger partial charge in [-0.25, -0.2) is 4.98 Å². The summed E-state index contributed by atoms with van der Waals surface area (Å²) in [4.78, 5) is 16.2. The molecule has 0 spiro atoms. The molecule has 1 aromatic heterocycles. The van der Waals surface area contributed by atoms with E-state index in [4.69, 9.17) is 0 Å². The largest absolute Gasteiger partial charge is 0.352 e. The van der Waals surface area contributed by atoms with Crippen molar-refractivity contribution >= 4 is 37.8 Å². The first-order chi connectivity index (χ1) is 9.06. The van der Waals surface area contributed by atoms with Gasteiger partial charge in [0.1, 0.15) is 5.82 Å². The van der Waals surface area contributed by atoms with Crippen LogP contribution in [-0.2, 0) is 13.5 Å². The molecule has 4 nitrogen and oxygen atoms in total. The predicted molar refractivity (Wildman–Crippen MR) is 81.1 cm³/mol. The molecule has 0 bridgehead atoms. The molecule has 19 heavy (non-hydrogen) atoms. The summed E-state index contributed by atoms with van der Waals surface area (Å²) in [6, 6.07) is 5.48. The number of carbonyl (C=O) groups is 1. The monoisotopic (exact) mass is 385 g/mol. The second-order valence-electron chi connectivity index (χ2n) is 4.12. The molecule has 0 saturated carbocycles. The van der Waals surface area contributed by atoms with Gasteiger partial charge >= 0.3 is 0 Å². The summed E-state index contributed by atoms with van der Waals surface area (Å²) < 4.78 is 3.69. The Kier molecular flexibility index (Phi) is 4.76. The zero-order valence-corrected chi connectivity index (χ0v) is 13.5. The van der Waals surface area contributed by atoms with Crippen molar-refractivity contribution in [2.45, 2.75) is 6.42 Å². The molecule has 1 N–H and O–H groups in total. The summed E-state index contributed by atoms with van der Waals surface area (Å²) in [5, 5.41) is 2.88. The van der Waals surface area contributed by atoms with E-state index in [1.807, 2.05) is 23.9 Å². The van der Waals surface area contributed by atoms with Gasteiger partial charge in [-0.3, -0.25) is 4.79 Å². The molecule has 100 valence electrons. The topological polar surface area (TPSA) is 46.9 Å². The summed E-state index contributed by atoms with van der Waals surface area (Å²) >= 11 is 6.73. The zero-order chi connectivity index (χ0) is 13.8. The molecular weight excluding hydrogens is 374 g/mol. The molecule has 0 saturated heterocycles. The van der Waals surface area contributed by atoms with Crippen LogP contribution in [0.15, 0.2) is 39.5 Å². The van der Waals surface area contributed by atoms with Crippen molar-refractivity contribution in [3.8, 4) is 0 Å². The predicted octanol–water partition coefficient (Wildman–Crippen LogP) is 2.92. The number of hydrogen-bond acceptors (Lipinski definition) is 2. The summed E-state index contributed by atoms with van der Waals surface area (Å²) in [5.41, 5.74) is 0.626. The van der Waals surface area contributed by atoms with E-state index in [0.29, 0.717) is 18.5 Å². The fraction of sp³-hybridized carbons (Fsp3) is 0.231. The molecule has 2 rings (SSSR count). The molecule has 0 aliphatic rings. The van der Waals surface area contributed by atoms with Crippen LogP contribution in [0.1, 0.15) is 16.2 Å². The fourth-order valence-corrected chi connectivity index (χ4v) is 3.01. The third kappa shape index (κ3) is 3.91. The molecule has 1 amide bonds. The van der Waals surface area contributed by atoms with Gasteiger partial charge in [0.2, 0.25) is 0 Å². The lowest BCUT2D eigenvalue weighted by Gasteiger charge is -2.06. The highest BCUT2D eigenvalue weighted by molar-refractivity contribution is 9.11. The highest BCUT2D eigenvalue weighted by atomic mass is 79.9. The smallest absolute Gasteiger partial charge is 0.251 e. The normalized spacial score (nSPS) is 10.5. The number of amides is 1. The molecule has 1 heterocycles. The van der Waals surface area contributed by atoms with Crippen molar-refractivity contribution in [3.05, 3.63) is 50.9 Å². The van der Waals surface area contributed by atoms with Crippen molar-refractivity contribution in [1.29, 1.82) is 0 Å². The Labute approximate surface area is 128 Å². The van der Waals surface area contributed by atoms with Crippen LogP contribution in [0.25, 0.3) is 0 Å². The van der Waals surface area contributed by atoms with Gasteiger partial charge in [-0.05, 0) is 18.2 Å². The number of aryl methyl sites for hydroxylation is 1. The zero-order valence-electron chi connectivity index (χ0n) is 10.4. The van der Waals surface area contributed by atoms with Gasteiger partial charge in [0.05, 0.1) is 0 Å². The van der Waals surface area contributed by atoms with E-state index in [1.165, 1.54) is 0 Å². The number of carbonyl (C=O) groups excluding carboxylic acids is 1. The van der Waals surface area contributed by atoms with Gasteiger partial charge in [-0.1, -0.05) is 31.9 Å². The maximum Gasteiger partial charge on any atom is 0.251 e. The van der Waals surface area contributed by atoms with Crippen LogP contribution in [0.4, 0.5) is 0 Å². The van der Waals surface area contributed by atoms with Crippen molar-refractivity contribution in [3.63, 3.8) is 0 Å². The van der Waals surface area contributed by atoms with Crippen LogP contribution < -0.4 is 5.32 Å². The van der Waals surface area contributed by atoms with Crippen molar-refractivity contribution < 1.29 is 4.79 Å². The summed E-state index contributed by atoms with van der Waals surface area (Å²) in [7, 11) is 1.94. The number of halogens is 2. The van der Waals surface area contributed by atoms with Gasteiger partial charge < -0.3 is 9.88 Å². The van der Waals surface area contributed by atoms with E-state index >= 15 is 0 Å². The quantitative estimate of drug-likeness (QED) is 0.878. The minimum absolute atomic E-state index is 0.0868. The molecule has 0 aliphatic carbocycles. The SMILES string of the molecule is Cn1ccnc1CCNC(=O)c1cc(Br)cc(Br)c1. The van der Waals surface area contributed by atoms with E-state index in [9.17, 15) is 4.79 Å². The minimum atomic E-state index is -0.0868. The number of benzene rings is 1. The Morgan fingerprint density at radius 1 is 1.32 bits per heavy atom. The van der Waals surface area contributed by atoms with E-state index in [-0.39, 0.29) is 5.91 Å². The van der Waals surface area contributed by atoms with Crippen molar-refractivity contribution in [2.24, 2.45) is 7.05 Å². The number of hydrogen-bond donors (Lipinski definition) is 1. The Morgan fingerprint density at radius 3 is 2.58 bits per heavy atom. The van der Waals surface area contributed by atoms with Gasteiger partial charge in [0.15, 0.2) is 0 Å². The average Bonchev–Trinajstić information content (AvgIpc) is 2.74. The molecule has 0 atom stereocenters. The van der Waals surface area contributed by atoms with Gasteiger partial charge in [-0.2, -0.15) is 0 Å². The van der Waals surface area contributed by atoms with Crippen LogP contribution in [0.3, 0.4) is 0 Å². The molecule has 0 radical (unpaired) electrons. The van der Waals surface area contributed by atoms with Crippen LogP contribution in [0.5, 0.6) is 0 Å². The Bertz CT molecular complexity index is 575. The Hall–Kier alpha value is -1.14. The maximum atomic E-state index is 12.0. The summed E-state index contributed by atoms with van der Waals surface area (Å²) in [6.07, 6.45) is 4.36. The highest BCUT2D eigenvalue weighted by Gasteiger charge is 2.07. The van der Waals surface area contributed by atoms with Crippen LogP contribution in [-0.4, -0.2) is 22.0 Å². The van der Waals surface area contributed by atoms with E-state index in [0.717, 1.165) is 14.8 Å². The third-order valence-corrected chi connectivity index (χ3v) is 3.60. The number of imidazole rings is 1. The van der Waals surface area contributed by atoms with Crippen LogP contribution in [0.2, 0.25) is 0 Å². The lowest BCUT2D eigenvalue weighted by atomic mass is 10.2. The van der Waals surface area contributed by atoms with E-state index in [1.54, 1.807) is 18.3 Å². The second-order valence-corrected chi connectivity index (χ2v) is 5.95. The Morgan fingerprint density at radius 2 is 2.00 bits per heavy atom. The first-order valence-corrected chi connectivity index (χ1v) is 7.35. The maximum absolute atomic E-state index is 12.0. The van der Waals surface area contributed by atoms with Crippen molar-refractivity contribution in [1.82, 2.24) is 14.9 Å². The van der Waals surface area contributed by atoms with Crippen molar-refractivity contribution in [2.75, 3.05) is 6.54 Å². The molecule has 1 aromatic carbocycles. The van der Waals surface area contributed by atoms with E-state index < -0.39 is 0 Å². The highest BCUT2D eigenvalue weighted by Crippen LogP contribution is 2.19. The van der Waals surface area contributed by atoms with Gasteiger partial charge in [0.25, 0.3) is 5.91 Å². The molecule has 6 heteroatoms. The Balaban J connectivity index is 1.92. The number of aromatic nitrogens is 2. The standard InChI is InChI=1S/C13H13Br2N3O/c1-18-5-4-16-12(18)2-3-17-13(19)9-6-10(14)8-11(15)7-9/h4-8H,2-3H2,1H3,(H,17,19). The minimum Gasteiger partial charge on any atom is -0.352 e. The molecule has 0 unspecified atom stereocenters. The average molecular weight is 387 g/mol. The molecule has 0 fully saturated rings. The number of nitrogens with one attached hydrogen (secondary N) is 1. The van der Waals surface area contributed by atoms with E-state index in [2.05, 4.69) is 42.2 Å². The summed E-state index contributed by atoms with van der Waals surface area (Å²) in [6.45, 7) is 0.563. The third-order valence-electron chi connectivity index (χ3n) is 2.68. The lowest BCUT2D eigenvalue weighted by Crippen LogP contribution is -2.26. The second kappa shape index (κ2) is 6.34. The fourth-order valence-electron chi connectivity index (χ4n) is 1.71. The van der Waals surface area contributed by atoms with Crippen LogP contribution >= 0.6 is 31.9 Å². The lowest BCUT2D eigenvalue weighted by molar-refractivity contribution is 0.0954.